The summed E-state index contributed by atoms with van der Waals surface area (Å²) in [6.45, 7) is 3.22. The lowest BCUT2D eigenvalue weighted by Gasteiger charge is -2.42. The van der Waals surface area contributed by atoms with Gasteiger partial charge in [0.05, 0.1) is 12.7 Å². The van der Waals surface area contributed by atoms with E-state index < -0.39 is 0 Å². The van der Waals surface area contributed by atoms with Gasteiger partial charge in [0.2, 0.25) is 0 Å². The van der Waals surface area contributed by atoms with Crippen LogP contribution in [0.3, 0.4) is 0 Å². The molecular weight excluding hydrogens is 222 g/mol. The summed E-state index contributed by atoms with van der Waals surface area (Å²) >= 11 is 0. The fourth-order valence-corrected chi connectivity index (χ4v) is 2.97. The van der Waals surface area contributed by atoms with Crippen molar-refractivity contribution in [3.63, 3.8) is 0 Å². The van der Waals surface area contributed by atoms with Crippen molar-refractivity contribution < 1.29 is 4.74 Å². The van der Waals surface area contributed by atoms with Crippen molar-refractivity contribution in [3.8, 4) is 0 Å². The van der Waals surface area contributed by atoms with E-state index in [2.05, 4.69) is 35.2 Å². The Bertz CT molecular complexity index is 361. The molecule has 0 spiro atoms. The zero-order valence-corrected chi connectivity index (χ0v) is 11.1. The summed E-state index contributed by atoms with van der Waals surface area (Å²) in [6, 6.07) is 11.6. The number of benzene rings is 1. The fourth-order valence-electron chi connectivity index (χ4n) is 2.97. The monoisotopic (exact) mass is 245 g/mol. The largest absolute Gasteiger partial charge is 0.376 e. The van der Waals surface area contributed by atoms with Gasteiger partial charge in [-0.2, -0.15) is 0 Å². The van der Waals surface area contributed by atoms with Crippen molar-refractivity contribution in [2.24, 2.45) is 0 Å². The van der Waals surface area contributed by atoms with E-state index in [0.717, 1.165) is 38.6 Å². The van der Waals surface area contributed by atoms with Gasteiger partial charge in [0, 0.05) is 19.1 Å². The third-order valence-corrected chi connectivity index (χ3v) is 4.36. The highest BCUT2D eigenvalue weighted by Crippen LogP contribution is 2.26. The molecule has 0 radical (unpaired) electrons. The van der Waals surface area contributed by atoms with Gasteiger partial charge in [-0.15, -0.1) is 0 Å². The Morgan fingerprint density at radius 1 is 1.17 bits per heavy atom. The molecule has 2 aliphatic rings. The van der Waals surface area contributed by atoms with E-state index in [1.165, 1.54) is 24.8 Å². The first-order chi connectivity index (χ1) is 8.92. The molecule has 0 amide bonds. The quantitative estimate of drug-likeness (QED) is 0.809. The Labute approximate surface area is 110 Å². The number of aryl methyl sites for hydroxylation is 1. The van der Waals surface area contributed by atoms with Crippen LogP contribution in [0.2, 0.25) is 0 Å². The van der Waals surface area contributed by atoms with Crippen molar-refractivity contribution in [3.05, 3.63) is 35.9 Å². The van der Waals surface area contributed by atoms with E-state index in [1.807, 2.05) is 0 Å². The molecule has 1 aromatic rings. The lowest BCUT2D eigenvalue weighted by molar-refractivity contribution is -0.0575. The van der Waals surface area contributed by atoms with Gasteiger partial charge in [0.1, 0.15) is 0 Å². The van der Waals surface area contributed by atoms with Crippen LogP contribution in [0, 0.1) is 0 Å². The van der Waals surface area contributed by atoms with Crippen LogP contribution < -0.4 is 0 Å². The molecule has 0 unspecified atom stereocenters. The number of morpholine rings is 1. The first kappa shape index (κ1) is 12.2. The Hall–Kier alpha value is -0.860. The lowest BCUT2D eigenvalue weighted by Crippen LogP contribution is -2.50. The second kappa shape index (κ2) is 5.85. The molecule has 1 aromatic carbocycles. The Morgan fingerprint density at radius 2 is 2.00 bits per heavy atom. The molecule has 2 nitrogen and oxygen atoms in total. The topological polar surface area (TPSA) is 12.5 Å². The molecular formula is C16H23NO. The molecule has 1 aliphatic heterocycles. The molecule has 0 bridgehead atoms. The second-order valence-corrected chi connectivity index (χ2v) is 5.60. The predicted octanol–water partition coefficient (Wildman–Crippen LogP) is 2.87. The van der Waals surface area contributed by atoms with E-state index >= 15 is 0 Å². The van der Waals surface area contributed by atoms with E-state index in [9.17, 15) is 0 Å². The van der Waals surface area contributed by atoms with Crippen LogP contribution in [0.15, 0.2) is 30.3 Å². The van der Waals surface area contributed by atoms with Gasteiger partial charge in [-0.1, -0.05) is 36.8 Å². The Morgan fingerprint density at radius 3 is 2.72 bits per heavy atom. The number of hydrogen-bond acceptors (Lipinski definition) is 2. The van der Waals surface area contributed by atoms with Gasteiger partial charge in [-0.3, -0.25) is 4.90 Å². The highest BCUT2D eigenvalue weighted by molar-refractivity contribution is 5.14. The minimum Gasteiger partial charge on any atom is -0.376 e. The van der Waals surface area contributed by atoms with Gasteiger partial charge in [0.15, 0.2) is 0 Å². The van der Waals surface area contributed by atoms with Crippen LogP contribution in [0.25, 0.3) is 0 Å². The van der Waals surface area contributed by atoms with Crippen molar-refractivity contribution in [1.29, 1.82) is 0 Å². The summed E-state index contributed by atoms with van der Waals surface area (Å²) in [5.41, 5.74) is 1.43. The average molecular weight is 245 g/mol. The maximum Gasteiger partial charge on any atom is 0.0705 e. The maximum absolute atomic E-state index is 5.91. The molecule has 3 rings (SSSR count). The van der Waals surface area contributed by atoms with Gasteiger partial charge in [-0.05, 0) is 31.2 Å². The summed E-state index contributed by atoms with van der Waals surface area (Å²) in [5.74, 6) is 0. The molecule has 1 saturated heterocycles. The summed E-state index contributed by atoms with van der Waals surface area (Å²) in [6.07, 6.45) is 6.99. The molecule has 1 heterocycles. The molecule has 18 heavy (non-hydrogen) atoms. The van der Waals surface area contributed by atoms with Gasteiger partial charge in [-0.25, -0.2) is 0 Å². The maximum atomic E-state index is 5.91. The zero-order valence-electron chi connectivity index (χ0n) is 11.1. The van der Waals surface area contributed by atoms with Crippen molar-refractivity contribution in [2.45, 2.75) is 44.2 Å². The molecule has 0 aromatic heterocycles. The normalized spacial score (nSPS) is 25.9. The smallest absolute Gasteiger partial charge is 0.0705 e. The highest BCUT2D eigenvalue weighted by Gasteiger charge is 2.29. The van der Waals surface area contributed by atoms with Gasteiger partial charge >= 0.3 is 0 Å². The van der Waals surface area contributed by atoms with Crippen molar-refractivity contribution in [2.75, 3.05) is 19.7 Å². The average Bonchev–Trinajstić information content (AvgIpc) is 2.36. The standard InChI is InChI=1S/C16H23NO/c1-2-5-14(6-3-1)9-10-16-13-17(11-12-18-16)15-7-4-8-15/h1-3,5-6,15-16H,4,7-13H2/t16-/m1/s1. The number of rotatable bonds is 4. The zero-order chi connectivity index (χ0) is 12.2. The van der Waals surface area contributed by atoms with E-state index in [4.69, 9.17) is 4.74 Å². The molecule has 0 N–H and O–H groups in total. The summed E-state index contributed by atoms with van der Waals surface area (Å²) < 4.78 is 5.91. The highest BCUT2D eigenvalue weighted by atomic mass is 16.5. The van der Waals surface area contributed by atoms with E-state index in [0.29, 0.717) is 6.10 Å². The predicted molar refractivity (Wildman–Crippen MR) is 73.7 cm³/mol. The Kier molecular flexibility index (Phi) is 3.96. The Balaban J connectivity index is 1.47. The molecule has 2 heteroatoms. The minimum absolute atomic E-state index is 0.444. The van der Waals surface area contributed by atoms with Crippen LogP contribution >= 0.6 is 0 Å². The molecule has 1 saturated carbocycles. The number of nitrogens with zero attached hydrogens (tertiary/aromatic N) is 1. The van der Waals surface area contributed by atoms with Crippen LogP contribution in [-0.2, 0) is 11.2 Å². The first-order valence-electron chi connectivity index (χ1n) is 7.31. The molecule has 2 fully saturated rings. The molecule has 1 aliphatic carbocycles. The second-order valence-electron chi connectivity index (χ2n) is 5.60. The van der Waals surface area contributed by atoms with E-state index in [-0.39, 0.29) is 0 Å². The van der Waals surface area contributed by atoms with Gasteiger partial charge in [0.25, 0.3) is 0 Å². The number of ether oxygens (including phenoxy) is 1. The van der Waals surface area contributed by atoms with Crippen molar-refractivity contribution >= 4 is 0 Å². The minimum atomic E-state index is 0.444. The molecule has 1 atom stereocenters. The molecule has 98 valence electrons. The first-order valence-corrected chi connectivity index (χ1v) is 7.31. The lowest BCUT2D eigenvalue weighted by atomic mass is 9.90. The third-order valence-electron chi connectivity index (χ3n) is 4.36. The summed E-state index contributed by atoms with van der Waals surface area (Å²) in [5, 5.41) is 0. The van der Waals surface area contributed by atoms with Crippen LogP contribution in [0.5, 0.6) is 0 Å². The summed E-state index contributed by atoms with van der Waals surface area (Å²) in [4.78, 5) is 2.66. The van der Waals surface area contributed by atoms with Crippen LogP contribution in [0.4, 0.5) is 0 Å². The fraction of sp³-hybridized carbons (Fsp3) is 0.625. The summed E-state index contributed by atoms with van der Waals surface area (Å²) in [7, 11) is 0. The SMILES string of the molecule is c1ccc(CC[C@@H]2CN(C3CCC3)CCO2)cc1. The van der Waals surface area contributed by atoms with Crippen LogP contribution in [-0.4, -0.2) is 36.7 Å². The van der Waals surface area contributed by atoms with Crippen molar-refractivity contribution in [1.82, 2.24) is 4.90 Å². The third kappa shape index (κ3) is 2.93. The van der Waals surface area contributed by atoms with Crippen LogP contribution in [0.1, 0.15) is 31.2 Å². The van der Waals surface area contributed by atoms with Gasteiger partial charge < -0.3 is 4.74 Å². The number of hydrogen-bond donors (Lipinski definition) is 0. The van der Waals surface area contributed by atoms with E-state index in [1.54, 1.807) is 0 Å².